The van der Waals surface area contributed by atoms with Crippen LogP contribution >= 0.6 is 0 Å². The molecule has 0 radical (unpaired) electrons. The third kappa shape index (κ3) is 4.41. The molecule has 0 aliphatic heterocycles. The smallest absolute Gasteiger partial charge is 0.168 e. The second kappa shape index (κ2) is 5.39. The number of rotatable bonds is 4. The Morgan fingerprint density at radius 3 is 2.17 bits per heavy atom. The van der Waals surface area contributed by atoms with Crippen LogP contribution in [0.4, 0.5) is 0 Å². The number of hydrogen-bond donors (Lipinski definition) is 0. The summed E-state index contributed by atoms with van der Waals surface area (Å²) in [4.78, 5) is 12.4. The Balaban J connectivity index is 2.97. The molecule has 1 aromatic rings. The quantitative estimate of drug-likeness (QED) is 0.563. The summed E-state index contributed by atoms with van der Waals surface area (Å²) in [5, 5.41) is 0. The first-order valence-corrected chi connectivity index (χ1v) is 10.4. The SMILES string of the molecule is CC(C)(C)C(=O)c1ccccc1CC[Si](C)(C)C. The van der Waals surface area contributed by atoms with E-state index in [1.54, 1.807) is 0 Å². The topological polar surface area (TPSA) is 17.1 Å². The van der Waals surface area contributed by atoms with Gasteiger partial charge in [-0.25, -0.2) is 0 Å². The highest BCUT2D eigenvalue weighted by Crippen LogP contribution is 2.25. The molecule has 2 heteroatoms. The lowest BCUT2D eigenvalue weighted by atomic mass is 9.84. The van der Waals surface area contributed by atoms with Crippen molar-refractivity contribution >= 4 is 13.9 Å². The molecule has 0 aromatic heterocycles. The van der Waals surface area contributed by atoms with Gasteiger partial charge in [0, 0.05) is 19.1 Å². The molecule has 0 amide bonds. The number of carbonyl (C=O) groups is 1. The minimum Gasteiger partial charge on any atom is -0.294 e. The van der Waals surface area contributed by atoms with Crippen LogP contribution in [0.5, 0.6) is 0 Å². The number of aryl methyl sites for hydroxylation is 1. The van der Waals surface area contributed by atoms with Crippen LogP contribution in [-0.2, 0) is 6.42 Å². The molecule has 0 N–H and O–H groups in total. The molecule has 0 atom stereocenters. The largest absolute Gasteiger partial charge is 0.294 e. The van der Waals surface area contributed by atoms with Gasteiger partial charge in [0.05, 0.1) is 0 Å². The molecule has 0 bridgehead atoms. The highest BCUT2D eigenvalue weighted by molar-refractivity contribution is 6.76. The highest BCUT2D eigenvalue weighted by Gasteiger charge is 2.25. The molecule has 0 saturated heterocycles. The standard InChI is InChI=1S/C16H26OSi/c1-16(2,3)15(17)14-10-8-7-9-13(14)11-12-18(4,5)6/h7-10H,11-12H2,1-6H3. The Labute approximate surface area is 113 Å². The van der Waals surface area contributed by atoms with E-state index in [0.717, 1.165) is 12.0 Å². The van der Waals surface area contributed by atoms with E-state index >= 15 is 0 Å². The summed E-state index contributed by atoms with van der Waals surface area (Å²) in [6.07, 6.45) is 1.04. The van der Waals surface area contributed by atoms with E-state index in [4.69, 9.17) is 0 Å². The van der Waals surface area contributed by atoms with Gasteiger partial charge in [0.15, 0.2) is 5.78 Å². The molecule has 0 aliphatic rings. The zero-order valence-corrected chi connectivity index (χ0v) is 13.6. The van der Waals surface area contributed by atoms with E-state index in [1.807, 2.05) is 39.0 Å². The average molecular weight is 262 g/mol. The van der Waals surface area contributed by atoms with E-state index in [1.165, 1.54) is 11.6 Å². The van der Waals surface area contributed by atoms with Crippen molar-refractivity contribution in [3.05, 3.63) is 35.4 Å². The predicted octanol–water partition coefficient (Wildman–Crippen LogP) is 4.80. The maximum Gasteiger partial charge on any atom is 0.168 e. The summed E-state index contributed by atoms with van der Waals surface area (Å²) < 4.78 is 0. The summed E-state index contributed by atoms with van der Waals surface area (Å²) in [5.41, 5.74) is 1.85. The van der Waals surface area contributed by atoms with Crippen LogP contribution in [0.15, 0.2) is 24.3 Å². The molecule has 0 heterocycles. The molecule has 18 heavy (non-hydrogen) atoms. The van der Waals surface area contributed by atoms with E-state index in [0.29, 0.717) is 0 Å². The molecule has 0 fully saturated rings. The number of benzene rings is 1. The van der Waals surface area contributed by atoms with Crippen LogP contribution in [-0.4, -0.2) is 13.9 Å². The molecular formula is C16H26OSi. The summed E-state index contributed by atoms with van der Waals surface area (Å²) in [6.45, 7) is 13.1. The van der Waals surface area contributed by atoms with Gasteiger partial charge in [-0.15, -0.1) is 0 Å². The summed E-state index contributed by atoms with van der Waals surface area (Å²) >= 11 is 0. The summed E-state index contributed by atoms with van der Waals surface area (Å²) in [5.74, 6) is 0.258. The predicted molar refractivity (Wildman–Crippen MR) is 82.1 cm³/mol. The Bertz CT molecular complexity index is 421. The van der Waals surface area contributed by atoms with Gasteiger partial charge in [0.2, 0.25) is 0 Å². The zero-order chi connectivity index (χ0) is 14.0. The lowest BCUT2D eigenvalue weighted by molar-refractivity contribution is 0.0857. The van der Waals surface area contributed by atoms with Gasteiger partial charge in [-0.2, -0.15) is 0 Å². The Hall–Kier alpha value is -0.893. The van der Waals surface area contributed by atoms with Gasteiger partial charge < -0.3 is 0 Å². The van der Waals surface area contributed by atoms with E-state index in [9.17, 15) is 4.79 Å². The lowest BCUT2D eigenvalue weighted by Crippen LogP contribution is -2.23. The molecular weight excluding hydrogens is 236 g/mol. The first-order valence-electron chi connectivity index (χ1n) is 6.74. The first-order chi connectivity index (χ1) is 8.11. The average Bonchev–Trinajstić information content (AvgIpc) is 2.23. The maximum atomic E-state index is 12.4. The van der Waals surface area contributed by atoms with Crippen molar-refractivity contribution in [2.24, 2.45) is 5.41 Å². The third-order valence-corrected chi connectivity index (χ3v) is 4.84. The van der Waals surface area contributed by atoms with Gasteiger partial charge in [-0.1, -0.05) is 70.7 Å². The van der Waals surface area contributed by atoms with Crippen molar-refractivity contribution in [2.45, 2.75) is 52.9 Å². The fourth-order valence-electron chi connectivity index (χ4n) is 1.87. The van der Waals surface area contributed by atoms with Gasteiger partial charge >= 0.3 is 0 Å². The number of ketones is 1. The molecule has 1 aromatic carbocycles. The third-order valence-electron chi connectivity index (χ3n) is 3.09. The number of carbonyl (C=O) groups excluding carboxylic acids is 1. The highest BCUT2D eigenvalue weighted by atomic mass is 28.3. The van der Waals surface area contributed by atoms with Crippen LogP contribution in [0.25, 0.3) is 0 Å². The second-order valence-electron chi connectivity index (χ2n) is 7.30. The normalized spacial score (nSPS) is 12.6. The molecule has 100 valence electrons. The molecule has 1 nitrogen and oxygen atoms in total. The fourth-order valence-corrected chi connectivity index (χ4v) is 2.89. The molecule has 0 spiro atoms. The Kier molecular flexibility index (Phi) is 4.54. The number of Topliss-reactive ketones (excluding diaryl/α,β-unsaturated/α-hetero) is 1. The van der Waals surface area contributed by atoms with Crippen molar-refractivity contribution < 1.29 is 4.79 Å². The van der Waals surface area contributed by atoms with Crippen LogP contribution in [0.2, 0.25) is 25.7 Å². The van der Waals surface area contributed by atoms with Gasteiger partial charge in [-0.3, -0.25) is 4.79 Å². The fraction of sp³-hybridized carbons (Fsp3) is 0.562. The first kappa shape index (κ1) is 15.2. The molecule has 0 saturated carbocycles. The molecule has 0 aliphatic carbocycles. The summed E-state index contributed by atoms with van der Waals surface area (Å²) in [6, 6.07) is 9.34. The monoisotopic (exact) mass is 262 g/mol. The molecule has 0 unspecified atom stereocenters. The summed E-state index contributed by atoms with van der Waals surface area (Å²) in [7, 11) is -1.05. The van der Waals surface area contributed by atoms with Crippen LogP contribution in [0.3, 0.4) is 0 Å². The Morgan fingerprint density at radius 1 is 1.11 bits per heavy atom. The van der Waals surface area contributed by atoms with E-state index in [2.05, 4.69) is 25.7 Å². The maximum absolute atomic E-state index is 12.4. The lowest BCUT2D eigenvalue weighted by Gasteiger charge is -2.21. The van der Waals surface area contributed by atoms with Gasteiger partial charge in [0.1, 0.15) is 0 Å². The van der Waals surface area contributed by atoms with E-state index < -0.39 is 8.07 Å². The van der Waals surface area contributed by atoms with Crippen molar-refractivity contribution in [2.75, 3.05) is 0 Å². The minimum absolute atomic E-state index is 0.258. The van der Waals surface area contributed by atoms with Gasteiger partial charge in [-0.05, 0) is 12.0 Å². The van der Waals surface area contributed by atoms with Crippen molar-refractivity contribution in [3.63, 3.8) is 0 Å². The van der Waals surface area contributed by atoms with Crippen molar-refractivity contribution in [3.8, 4) is 0 Å². The van der Waals surface area contributed by atoms with Crippen LogP contribution < -0.4 is 0 Å². The van der Waals surface area contributed by atoms with Crippen LogP contribution in [0.1, 0.15) is 36.7 Å². The van der Waals surface area contributed by atoms with Crippen molar-refractivity contribution in [1.82, 2.24) is 0 Å². The zero-order valence-electron chi connectivity index (χ0n) is 12.6. The Morgan fingerprint density at radius 2 is 1.67 bits per heavy atom. The van der Waals surface area contributed by atoms with Gasteiger partial charge in [0.25, 0.3) is 0 Å². The second-order valence-corrected chi connectivity index (χ2v) is 12.9. The molecule has 1 rings (SSSR count). The minimum atomic E-state index is -1.05. The van der Waals surface area contributed by atoms with Crippen LogP contribution in [0, 0.1) is 5.41 Å². The number of hydrogen-bond acceptors (Lipinski definition) is 1. The van der Waals surface area contributed by atoms with E-state index in [-0.39, 0.29) is 11.2 Å². The van der Waals surface area contributed by atoms with Crippen molar-refractivity contribution in [1.29, 1.82) is 0 Å².